The number of carbonyl (C=O) groups excluding carboxylic acids is 2. The number of benzene rings is 1. The second kappa shape index (κ2) is 8.28. The molecule has 1 aromatic heterocycles. The first-order chi connectivity index (χ1) is 14.3. The van der Waals surface area contributed by atoms with Crippen LogP contribution in [0.2, 0.25) is 10.0 Å². The van der Waals surface area contributed by atoms with E-state index in [9.17, 15) is 14.4 Å². The third kappa shape index (κ3) is 4.15. The van der Waals surface area contributed by atoms with Crippen molar-refractivity contribution in [3.05, 3.63) is 44.2 Å². The van der Waals surface area contributed by atoms with Crippen LogP contribution in [0.5, 0.6) is 0 Å². The van der Waals surface area contributed by atoms with E-state index in [0.29, 0.717) is 21.7 Å². The number of rotatable bonds is 3. The van der Waals surface area contributed by atoms with Crippen LogP contribution in [0.15, 0.2) is 23.0 Å². The third-order valence-electron chi connectivity index (χ3n) is 5.46. The molecule has 2 aliphatic heterocycles. The fraction of sp³-hybridized carbons (Fsp3) is 0.400. The Bertz CT molecular complexity index is 1050. The van der Waals surface area contributed by atoms with Gasteiger partial charge in [0.2, 0.25) is 17.8 Å². The summed E-state index contributed by atoms with van der Waals surface area (Å²) in [4.78, 5) is 47.4. The van der Waals surface area contributed by atoms with E-state index >= 15 is 0 Å². The highest BCUT2D eigenvalue weighted by molar-refractivity contribution is 6.35. The lowest BCUT2D eigenvalue weighted by Gasteiger charge is -2.34. The zero-order chi connectivity index (χ0) is 21.4. The van der Waals surface area contributed by atoms with Gasteiger partial charge in [-0.25, -0.2) is 0 Å². The number of fused-ring (bicyclic) bond motifs is 1. The van der Waals surface area contributed by atoms with Gasteiger partial charge in [0.1, 0.15) is 5.82 Å². The average Bonchev–Trinajstić information content (AvgIpc) is 2.66. The molecular formula is C20H21Cl2N5O3. The van der Waals surface area contributed by atoms with Crippen molar-refractivity contribution in [3.63, 3.8) is 0 Å². The first kappa shape index (κ1) is 20.7. The summed E-state index contributed by atoms with van der Waals surface area (Å²) in [6.45, 7) is 2.85. The maximum absolute atomic E-state index is 12.9. The number of amides is 2. The molecule has 2 aromatic rings. The second-order valence-corrected chi connectivity index (χ2v) is 8.52. The van der Waals surface area contributed by atoms with Crippen LogP contribution in [0.3, 0.4) is 0 Å². The Hall–Kier alpha value is -2.58. The van der Waals surface area contributed by atoms with Crippen molar-refractivity contribution < 1.29 is 9.59 Å². The molecule has 0 saturated carbocycles. The highest BCUT2D eigenvalue weighted by Crippen LogP contribution is 2.32. The molecule has 0 spiro atoms. The van der Waals surface area contributed by atoms with Crippen molar-refractivity contribution in [3.8, 4) is 0 Å². The molecule has 158 valence electrons. The minimum absolute atomic E-state index is 0.132. The number of carbonyl (C=O) groups is 2. The van der Waals surface area contributed by atoms with E-state index in [4.69, 9.17) is 23.2 Å². The number of piperidine rings is 1. The molecular weight excluding hydrogens is 429 g/mol. The lowest BCUT2D eigenvalue weighted by molar-refractivity contribution is -0.123. The third-order valence-corrected chi connectivity index (χ3v) is 5.90. The van der Waals surface area contributed by atoms with Gasteiger partial charge < -0.3 is 15.5 Å². The van der Waals surface area contributed by atoms with Crippen LogP contribution in [0.4, 0.5) is 17.5 Å². The predicted molar refractivity (Wildman–Crippen MR) is 117 cm³/mol. The number of anilines is 3. The minimum Gasteiger partial charge on any atom is -0.340 e. The highest BCUT2D eigenvalue weighted by atomic mass is 35.5. The Morgan fingerprint density at radius 1 is 1.20 bits per heavy atom. The Labute approximate surface area is 183 Å². The van der Waals surface area contributed by atoms with Crippen LogP contribution >= 0.6 is 23.2 Å². The molecule has 1 fully saturated rings. The number of aromatic nitrogens is 2. The number of nitrogens with zero attached hydrogens (tertiary/aromatic N) is 2. The Morgan fingerprint density at radius 2 is 1.93 bits per heavy atom. The standard InChI is InChI=1S/C20H21Cl2N5O3/c1-10-4-2-3-5-27(10)20-25-17-16(19(30)26-20)14(9-15(28)24-17)18(29)23-13-7-11(21)6-12(22)8-13/h6-8,10,14H,2-5,9H2,1H3,(H,23,29)(H2,24,25,26,28,30)/t10-,14-/m0/s1. The Balaban J connectivity index is 1.66. The maximum Gasteiger partial charge on any atom is 0.258 e. The lowest BCUT2D eigenvalue weighted by Crippen LogP contribution is -2.42. The van der Waals surface area contributed by atoms with Crippen molar-refractivity contribution >= 4 is 52.5 Å². The number of halogens is 2. The normalized spacial score (nSPS) is 21.0. The van der Waals surface area contributed by atoms with E-state index in [1.807, 2.05) is 4.90 Å². The van der Waals surface area contributed by atoms with E-state index in [1.54, 1.807) is 18.2 Å². The van der Waals surface area contributed by atoms with Crippen molar-refractivity contribution in [1.29, 1.82) is 0 Å². The number of hydrogen-bond acceptors (Lipinski definition) is 5. The van der Waals surface area contributed by atoms with Gasteiger partial charge in [0, 0.05) is 34.7 Å². The summed E-state index contributed by atoms with van der Waals surface area (Å²) in [6.07, 6.45) is 2.97. The molecule has 0 aliphatic carbocycles. The van der Waals surface area contributed by atoms with Crippen LogP contribution in [0, 0.1) is 0 Å². The van der Waals surface area contributed by atoms with Gasteiger partial charge in [-0.2, -0.15) is 4.98 Å². The van der Waals surface area contributed by atoms with Crippen LogP contribution in [-0.4, -0.2) is 34.4 Å². The van der Waals surface area contributed by atoms with Crippen LogP contribution in [-0.2, 0) is 9.59 Å². The molecule has 3 heterocycles. The van der Waals surface area contributed by atoms with Gasteiger partial charge >= 0.3 is 0 Å². The molecule has 0 bridgehead atoms. The zero-order valence-corrected chi connectivity index (χ0v) is 17.8. The second-order valence-electron chi connectivity index (χ2n) is 7.64. The number of aromatic amines is 1. The van der Waals surface area contributed by atoms with Gasteiger partial charge in [-0.15, -0.1) is 0 Å². The summed E-state index contributed by atoms with van der Waals surface area (Å²) in [5, 5.41) is 6.05. The summed E-state index contributed by atoms with van der Waals surface area (Å²) in [5.41, 5.74) is 0.0962. The quantitative estimate of drug-likeness (QED) is 0.664. The Kier molecular flexibility index (Phi) is 5.71. The van der Waals surface area contributed by atoms with Crippen molar-refractivity contribution in [2.24, 2.45) is 0 Å². The average molecular weight is 450 g/mol. The first-order valence-electron chi connectivity index (χ1n) is 9.79. The monoisotopic (exact) mass is 449 g/mol. The number of H-pyrrole nitrogens is 1. The molecule has 1 aromatic carbocycles. The first-order valence-corrected chi connectivity index (χ1v) is 10.5. The summed E-state index contributed by atoms with van der Waals surface area (Å²) in [7, 11) is 0. The van der Waals surface area contributed by atoms with Gasteiger partial charge in [0.15, 0.2) is 0 Å². The maximum atomic E-state index is 12.9. The molecule has 0 radical (unpaired) electrons. The van der Waals surface area contributed by atoms with Crippen molar-refractivity contribution in [1.82, 2.24) is 9.97 Å². The summed E-state index contributed by atoms with van der Waals surface area (Å²) >= 11 is 12.0. The molecule has 1 saturated heterocycles. The predicted octanol–water partition coefficient (Wildman–Crippen LogP) is 3.52. The number of nitrogens with one attached hydrogen (secondary N) is 3. The van der Waals surface area contributed by atoms with Crippen LogP contribution in [0.1, 0.15) is 44.1 Å². The fourth-order valence-electron chi connectivity index (χ4n) is 3.99. The Morgan fingerprint density at radius 3 is 2.63 bits per heavy atom. The van der Waals surface area contributed by atoms with E-state index in [0.717, 1.165) is 25.8 Å². The topological polar surface area (TPSA) is 107 Å². The summed E-state index contributed by atoms with van der Waals surface area (Å²) in [5.74, 6) is -1.31. The molecule has 2 amide bonds. The summed E-state index contributed by atoms with van der Waals surface area (Å²) < 4.78 is 0. The lowest BCUT2D eigenvalue weighted by atomic mass is 9.92. The van der Waals surface area contributed by atoms with Crippen molar-refractivity contribution in [2.75, 3.05) is 22.1 Å². The molecule has 2 atom stereocenters. The zero-order valence-electron chi connectivity index (χ0n) is 16.3. The van der Waals surface area contributed by atoms with E-state index in [-0.39, 0.29) is 29.8 Å². The number of hydrogen-bond donors (Lipinski definition) is 3. The van der Waals surface area contributed by atoms with E-state index in [2.05, 4.69) is 27.5 Å². The van der Waals surface area contributed by atoms with Gasteiger partial charge in [0.05, 0.1) is 11.5 Å². The van der Waals surface area contributed by atoms with Crippen molar-refractivity contribution in [2.45, 2.75) is 44.6 Å². The largest absolute Gasteiger partial charge is 0.340 e. The molecule has 2 aliphatic rings. The van der Waals surface area contributed by atoms with Gasteiger partial charge in [-0.3, -0.25) is 19.4 Å². The SMILES string of the molecule is C[C@H]1CCCCN1c1nc2c(c(=O)[nH]1)[C@@H](C(=O)Nc1cc(Cl)cc(Cl)c1)CC(=O)N2. The highest BCUT2D eigenvalue weighted by Gasteiger charge is 2.35. The van der Waals surface area contributed by atoms with Crippen LogP contribution < -0.4 is 21.1 Å². The molecule has 8 nitrogen and oxygen atoms in total. The van der Waals surface area contributed by atoms with Gasteiger partial charge in [-0.05, 0) is 44.4 Å². The van der Waals surface area contributed by atoms with Gasteiger partial charge in [-0.1, -0.05) is 23.2 Å². The minimum atomic E-state index is -0.976. The van der Waals surface area contributed by atoms with E-state index < -0.39 is 17.4 Å². The van der Waals surface area contributed by atoms with Crippen LogP contribution in [0.25, 0.3) is 0 Å². The van der Waals surface area contributed by atoms with E-state index in [1.165, 1.54) is 0 Å². The molecule has 30 heavy (non-hydrogen) atoms. The summed E-state index contributed by atoms with van der Waals surface area (Å²) in [6, 6.07) is 4.85. The molecule has 0 unspecified atom stereocenters. The fourth-order valence-corrected chi connectivity index (χ4v) is 4.51. The molecule has 4 rings (SSSR count). The smallest absolute Gasteiger partial charge is 0.258 e. The van der Waals surface area contributed by atoms with Gasteiger partial charge in [0.25, 0.3) is 5.56 Å². The molecule has 3 N–H and O–H groups in total. The molecule has 10 heteroatoms.